The zero-order valence-electron chi connectivity index (χ0n) is 15.2. The third kappa shape index (κ3) is 4.49. The fraction of sp³-hybridized carbons (Fsp3) is 0.550. The molecule has 4 rings (SSSR count). The lowest BCUT2D eigenvalue weighted by molar-refractivity contribution is 0.120. The fourth-order valence-corrected chi connectivity index (χ4v) is 3.72. The van der Waals surface area contributed by atoms with Crippen LogP contribution in [0, 0.1) is 0 Å². The summed E-state index contributed by atoms with van der Waals surface area (Å²) in [5, 5.41) is 6.98. The molecule has 6 nitrogen and oxygen atoms in total. The standard InChI is InChI=1S/C20H27N5O/c1-2-7-16(8-3-1)23-20-24-18(15-6-4-10-21-13-15)12-19(25-20)22-14-17-9-5-11-26-17/h4,6,10,12-13,16-17H,1-3,5,7-9,11,14H2,(H2,22,23,24,25)/t17-/m0/s1. The van der Waals surface area contributed by atoms with Crippen molar-refractivity contribution in [3.05, 3.63) is 30.6 Å². The molecule has 3 heterocycles. The minimum absolute atomic E-state index is 0.279. The summed E-state index contributed by atoms with van der Waals surface area (Å²) in [6, 6.07) is 6.44. The Morgan fingerprint density at radius 2 is 2.00 bits per heavy atom. The highest BCUT2D eigenvalue weighted by Crippen LogP contribution is 2.24. The molecule has 0 spiro atoms. The Hall–Kier alpha value is -2.21. The van der Waals surface area contributed by atoms with E-state index in [2.05, 4.69) is 15.6 Å². The van der Waals surface area contributed by atoms with Gasteiger partial charge < -0.3 is 15.4 Å². The van der Waals surface area contributed by atoms with Gasteiger partial charge in [-0.2, -0.15) is 4.98 Å². The van der Waals surface area contributed by atoms with Crippen molar-refractivity contribution in [2.75, 3.05) is 23.8 Å². The molecule has 0 amide bonds. The van der Waals surface area contributed by atoms with Gasteiger partial charge in [-0.3, -0.25) is 4.98 Å². The van der Waals surface area contributed by atoms with Gasteiger partial charge in [-0.15, -0.1) is 0 Å². The molecule has 2 N–H and O–H groups in total. The number of anilines is 2. The van der Waals surface area contributed by atoms with Crippen molar-refractivity contribution in [2.45, 2.75) is 57.1 Å². The SMILES string of the molecule is c1cncc(-c2cc(NC[C@@H]3CCCO3)nc(NC3CCCCC3)n2)c1. The number of aromatic nitrogens is 3. The van der Waals surface area contributed by atoms with E-state index in [0.717, 1.165) is 43.1 Å². The Morgan fingerprint density at radius 1 is 1.08 bits per heavy atom. The van der Waals surface area contributed by atoms with Gasteiger partial charge in [0, 0.05) is 43.2 Å². The molecular weight excluding hydrogens is 326 g/mol. The first-order valence-corrected chi connectivity index (χ1v) is 9.78. The zero-order valence-corrected chi connectivity index (χ0v) is 15.2. The van der Waals surface area contributed by atoms with Gasteiger partial charge in [0.1, 0.15) is 5.82 Å². The summed E-state index contributed by atoms with van der Waals surface area (Å²) >= 11 is 0. The maximum absolute atomic E-state index is 5.71. The van der Waals surface area contributed by atoms with Crippen molar-refractivity contribution < 1.29 is 4.74 Å². The van der Waals surface area contributed by atoms with Crippen LogP contribution in [0.5, 0.6) is 0 Å². The van der Waals surface area contributed by atoms with E-state index in [9.17, 15) is 0 Å². The van der Waals surface area contributed by atoms with E-state index in [1.165, 1.54) is 32.1 Å². The number of pyridine rings is 1. The van der Waals surface area contributed by atoms with Crippen LogP contribution in [0.1, 0.15) is 44.9 Å². The number of hydrogen-bond donors (Lipinski definition) is 2. The smallest absolute Gasteiger partial charge is 0.225 e. The highest BCUT2D eigenvalue weighted by atomic mass is 16.5. The lowest BCUT2D eigenvalue weighted by atomic mass is 9.96. The molecule has 2 fully saturated rings. The van der Waals surface area contributed by atoms with Crippen LogP contribution in [0.15, 0.2) is 30.6 Å². The number of ether oxygens (including phenoxy) is 1. The monoisotopic (exact) mass is 353 g/mol. The molecule has 26 heavy (non-hydrogen) atoms. The second-order valence-electron chi connectivity index (χ2n) is 7.20. The average Bonchev–Trinajstić information content (AvgIpc) is 3.21. The fourth-order valence-electron chi connectivity index (χ4n) is 3.72. The molecule has 0 aromatic carbocycles. The molecule has 2 aromatic rings. The molecule has 1 saturated heterocycles. The second kappa shape index (κ2) is 8.45. The van der Waals surface area contributed by atoms with Crippen molar-refractivity contribution in [3.8, 4) is 11.3 Å². The molecule has 0 unspecified atom stereocenters. The summed E-state index contributed by atoms with van der Waals surface area (Å²) in [6.07, 6.45) is 12.4. The van der Waals surface area contributed by atoms with Gasteiger partial charge in [-0.25, -0.2) is 4.98 Å². The number of rotatable bonds is 6. The Kier molecular flexibility index (Phi) is 5.59. The maximum Gasteiger partial charge on any atom is 0.225 e. The van der Waals surface area contributed by atoms with Crippen molar-refractivity contribution in [3.63, 3.8) is 0 Å². The maximum atomic E-state index is 5.71. The van der Waals surface area contributed by atoms with Crippen molar-refractivity contribution >= 4 is 11.8 Å². The van der Waals surface area contributed by atoms with E-state index in [-0.39, 0.29) is 6.10 Å². The normalized spacial score (nSPS) is 20.8. The summed E-state index contributed by atoms with van der Waals surface area (Å²) in [5.74, 6) is 1.54. The van der Waals surface area contributed by atoms with Crippen molar-refractivity contribution in [1.82, 2.24) is 15.0 Å². The Bertz CT molecular complexity index is 697. The van der Waals surface area contributed by atoms with Gasteiger partial charge in [-0.1, -0.05) is 19.3 Å². The molecule has 1 aliphatic carbocycles. The molecule has 6 heteroatoms. The highest BCUT2D eigenvalue weighted by Gasteiger charge is 2.17. The first-order chi connectivity index (χ1) is 12.9. The minimum atomic E-state index is 0.279. The van der Waals surface area contributed by atoms with E-state index < -0.39 is 0 Å². The van der Waals surface area contributed by atoms with E-state index in [1.54, 1.807) is 6.20 Å². The van der Waals surface area contributed by atoms with Crippen LogP contribution in [0.3, 0.4) is 0 Å². The van der Waals surface area contributed by atoms with Crippen LogP contribution in [-0.2, 0) is 4.74 Å². The summed E-state index contributed by atoms with van der Waals surface area (Å²) in [5.41, 5.74) is 1.89. The Morgan fingerprint density at radius 3 is 2.77 bits per heavy atom. The van der Waals surface area contributed by atoms with Crippen LogP contribution < -0.4 is 10.6 Å². The van der Waals surface area contributed by atoms with Crippen molar-refractivity contribution in [2.24, 2.45) is 0 Å². The molecule has 2 aliphatic rings. The highest BCUT2D eigenvalue weighted by molar-refractivity contribution is 5.63. The largest absolute Gasteiger partial charge is 0.376 e. The Labute approximate surface area is 154 Å². The van der Waals surface area contributed by atoms with E-state index in [0.29, 0.717) is 12.0 Å². The first kappa shape index (κ1) is 17.2. The van der Waals surface area contributed by atoms with Gasteiger partial charge in [0.2, 0.25) is 5.95 Å². The second-order valence-corrected chi connectivity index (χ2v) is 7.20. The molecule has 0 bridgehead atoms. The third-order valence-electron chi connectivity index (χ3n) is 5.16. The molecular formula is C20H27N5O. The molecule has 2 aromatic heterocycles. The lowest BCUT2D eigenvalue weighted by Gasteiger charge is -2.23. The topological polar surface area (TPSA) is 72.0 Å². The van der Waals surface area contributed by atoms with E-state index >= 15 is 0 Å². The third-order valence-corrected chi connectivity index (χ3v) is 5.16. The van der Waals surface area contributed by atoms with Crippen LogP contribution in [-0.4, -0.2) is 40.2 Å². The van der Waals surface area contributed by atoms with Crippen LogP contribution in [0.2, 0.25) is 0 Å². The predicted octanol–water partition coefficient (Wildman–Crippen LogP) is 3.87. The van der Waals surface area contributed by atoms with E-state index in [1.807, 2.05) is 24.4 Å². The van der Waals surface area contributed by atoms with Gasteiger partial charge in [0.15, 0.2) is 0 Å². The summed E-state index contributed by atoms with van der Waals surface area (Å²) < 4.78 is 5.71. The van der Waals surface area contributed by atoms with Gasteiger partial charge in [0.05, 0.1) is 11.8 Å². The number of hydrogen-bond acceptors (Lipinski definition) is 6. The predicted molar refractivity (Wildman–Crippen MR) is 103 cm³/mol. The van der Waals surface area contributed by atoms with E-state index in [4.69, 9.17) is 14.7 Å². The summed E-state index contributed by atoms with van der Waals surface area (Å²) in [4.78, 5) is 13.7. The van der Waals surface area contributed by atoms with Gasteiger partial charge in [0.25, 0.3) is 0 Å². The molecule has 0 radical (unpaired) electrons. The zero-order chi connectivity index (χ0) is 17.6. The first-order valence-electron chi connectivity index (χ1n) is 9.78. The Balaban J connectivity index is 1.54. The molecule has 1 atom stereocenters. The average molecular weight is 353 g/mol. The quantitative estimate of drug-likeness (QED) is 0.821. The van der Waals surface area contributed by atoms with Crippen LogP contribution >= 0.6 is 0 Å². The van der Waals surface area contributed by atoms with Crippen molar-refractivity contribution in [1.29, 1.82) is 0 Å². The molecule has 138 valence electrons. The number of nitrogens with one attached hydrogen (secondary N) is 2. The lowest BCUT2D eigenvalue weighted by Crippen LogP contribution is -2.24. The molecule has 1 aliphatic heterocycles. The van der Waals surface area contributed by atoms with Gasteiger partial charge in [-0.05, 0) is 37.8 Å². The summed E-state index contributed by atoms with van der Waals surface area (Å²) in [6.45, 7) is 1.65. The van der Waals surface area contributed by atoms with Crippen LogP contribution in [0.25, 0.3) is 11.3 Å². The summed E-state index contributed by atoms with van der Waals surface area (Å²) in [7, 11) is 0. The van der Waals surface area contributed by atoms with Gasteiger partial charge >= 0.3 is 0 Å². The molecule has 1 saturated carbocycles. The minimum Gasteiger partial charge on any atom is -0.376 e. The number of nitrogens with zero attached hydrogens (tertiary/aromatic N) is 3. The van der Waals surface area contributed by atoms with Crippen LogP contribution in [0.4, 0.5) is 11.8 Å².